The second-order valence-corrected chi connectivity index (χ2v) is 5.60. The quantitative estimate of drug-likeness (QED) is 0.342. The van der Waals surface area contributed by atoms with Gasteiger partial charge in [0.2, 0.25) is 0 Å². The molecule has 2 aromatic rings. The van der Waals surface area contributed by atoms with Crippen molar-refractivity contribution in [1.29, 1.82) is 0 Å². The number of carbonyl (C=O) groups excluding carboxylic acids is 1. The molecule has 0 fully saturated rings. The first kappa shape index (κ1) is 17.4. The van der Waals surface area contributed by atoms with Gasteiger partial charge in [0.1, 0.15) is 5.75 Å². The highest BCUT2D eigenvalue weighted by Crippen LogP contribution is 2.23. The van der Waals surface area contributed by atoms with Gasteiger partial charge >= 0.3 is 0 Å². The minimum atomic E-state index is -0.510. The van der Waals surface area contributed by atoms with Gasteiger partial charge in [-0.1, -0.05) is 6.07 Å². The number of nitro benzene ring substituents is 1. The molecular weight excluding hydrogens is 330 g/mol. The number of carbonyl (C=O) groups is 1. The van der Waals surface area contributed by atoms with Crippen molar-refractivity contribution >= 4 is 34.6 Å². The molecule has 0 bridgehead atoms. The molecule has 0 saturated carbocycles. The molecule has 0 aliphatic carbocycles. The van der Waals surface area contributed by atoms with E-state index in [-0.39, 0.29) is 22.1 Å². The van der Waals surface area contributed by atoms with E-state index in [9.17, 15) is 20.0 Å². The Hall–Kier alpha value is -3.00. The number of aromatic hydroxyl groups is 1. The number of anilines is 1. The van der Waals surface area contributed by atoms with Gasteiger partial charge < -0.3 is 10.4 Å². The topological polar surface area (TPSA) is 104 Å². The molecule has 2 rings (SSSR count). The van der Waals surface area contributed by atoms with Crippen molar-refractivity contribution < 1.29 is 14.8 Å². The lowest BCUT2D eigenvalue weighted by Gasteiger charge is -2.11. The van der Waals surface area contributed by atoms with Gasteiger partial charge in [0.15, 0.2) is 5.11 Å². The molecule has 0 saturated heterocycles. The van der Waals surface area contributed by atoms with Crippen molar-refractivity contribution in [3.63, 3.8) is 0 Å². The van der Waals surface area contributed by atoms with Gasteiger partial charge in [0.25, 0.3) is 11.6 Å². The third-order valence-corrected chi connectivity index (χ3v) is 3.49. The van der Waals surface area contributed by atoms with E-state index < -0.39 is 10.8 Å². The molecule has 0 atom stereocenters. The minimum absolute atomic E-state index is 0.00313. The van der Waals surface area contributed by atoms with Crippen LogP contribution in [0.4, 0.5) is 11.4 Å². The maximum atomic E-state index is 12.2. The van der Waals surface area contributed by atoms with E-state index >= 15 is 0 Å². The maximum absolute atomic E-state index is 12.2. The van der Waals surface area contributed by atoms with Crippen LogP contribution in [0.1, 0.15) is 21.5 Å². The van der Waals surface area contributed by atoms with Gasteiger partial charge in [-0.25, -0.2) is 0 Å². The molecule has 7 nitrogen and oxygen atoms in total. The molecule has 0 heterocycles. The standard InChI is InChI=1S/C16H15N3O4S/c1-9-3-6-14(20)12(7-9)17-16(24)18-15(21)11-4-5-13(19(22)23)10(2)8-11/h3-8,20H,1-2H3,(H2,17,18,21,24). The summed E-state index contributed by atoms with van der Waals surface area (Å²) in [5, 5.41) is 25.8. The Morgan fingerprint density at radius 2 is 1.92 bits per heavy atom. The zero-order valence-corrected chi connectivity index (χ0v) is 13.8. The van der Waals surface area contributed by atoms with Crippen LogP contribution in [0.2, 0.25) is 0 Å². The Morgan fingerprint density at radius 1 is 1.21 bits per heavy atom. The van der Waals surface area contributed by atoms with Crippen LogP contribution in [0.15, 0.2) is 36.4 Å². The molecular formula is C16H15N3O4S. The summed E-state index contributed by atoms with van der Waals surface area (Å²) in [6, 6.07) is 8.98. The van der Waals surface area contributed by atoms with Crippen molar-refractivity contribution in [1.82, 2.24) is 5.32 Å². The number of amides is 1. The van der Waals surface area contributed by atoms with Crippen LogP contribution in [-0.2, 0) is 0 Å². The van der Waals surface area contributed by atoms with E-state index in [0.29, 0.717) is 11.3 Å². The number of nitrogens with one attached hydrogen (secondary N) is 2. The number of nitrogens with zero attached hydrogens (tertiary/aromatic N) is 1. The number of nitro groups is 1. The summed E-state index contributed by atoms with van der Waals surface area (Å²) in [7, 11) is 0. The van der Waals surface area contributed by atoms with Crippen molar-refractivity contribution in [2.24, 2.45) is 0 Å². The Labute approximate surface area is 143 Å². The second-order valence-electron chi connectivity index (χ2n) is 5.19. The van der Waals surface area contributed by atoms with E-state index in [1.807, 2.05) is 6.92 Å². The fraction of sp³-hybridized carbons (Fsp3) is 0.125. The Morgan fingerprint density at radius 3 is 2.54 bits per heavy atom. The predicted molar refractivity (Wildman–Crippen MR) is 94.4 cm³/mol. The monoisotopic (exact) mass is 345 g/mol. The molecule has 0 aromatic heterocycles. The normalized spacial score (nSPS) is 10.1. The molecule has 0 aliphatic heterocycles. The zero-order chi connectivity index (χ0) is 17.9. The van der Waals surface area contributed by atoms with E-state index in [1.165, 1.54) is 24.3 Å². The summed E-state index contributed by atoms with van der Waals surface area (Å²) in [6.45, 7) is 3.40. The SMILES string of the molecule is Cc1ccc(O)c(NC(=S)NC(=O)c2ccc([N+](=O)[O-])c(C)c2)c1. The highest BCUT2D eigenvalue weighted by Gasteiger charge is 2.15. The smallest absolute Gasteiger partial charge is 0.272 e. The van der Waals surface area contributed by atoms with Crippen molar-refractivity contribution in [2.75, 3.05) is 5.32 Å². The number of phenols is 1. The number of phenolic OH excluding ortho intramolecular Hbond substituents is 1. The predicted octanol–water partition coefficient (Wildman–Crippen LogP) is 3.04. The van der Waals surface area contributed by atoms with Gasteiger partial charge in [-0.05, 0) is 55.9 Å². The third kappa shape index (κ3) is 4.05. The van der Waals surface area contributed by atoms with Crippen LogP contribution in [-0.4, -0.2) is 21.0 Å². The number of rotatable bonds is 3. The number of aryl methyl sites for hydroxylation is 2. The Kier molecular flexibility index (Phi) is 5.10. The molecule has 0 radical (unpaired) electrons. The van der Waals surface area contributed by atoms with E-state index in [4.69, 9.17) is 12.2 Å². The zero-order valence-electron chi connectivity index (χ0n) is 13.0. The number of hydrogen-bond acceptors (Lipinski definition) is 5. The average molecular weight is 345 g/mol. The average Bonchev–Trinajstić information content (AvgIpc) is 2.50. The number of thiocarbonyl (C=S) groups is 1. The largest absolute Gasteiger partial charge is 0.506 e. The molecule has 24 heavy (non-hydrogen) atoms. The summed E-state index contributed by atoms with van der Waals surface area (Å²) in [5.41, 5.74) is 1.85. The molecule has 0 aliphatic rings. The molecule has 3 N–H and O–H groups in total. The summed E-state index contributed by atoms with van der Waals surface area (Å²) in [5.74, 6) is -0.499. The summed E-state index contributed by atoms with van der Waals surface area (Å²) in [4.78, 5) is 22.4. The van der Waals surface area contributed by atoms with Crippen LogP contribution in [0.25, 0.3) is 0 Å². The van der Waals surface area contributed by atoms with Crippen LogP contribution in [0, 0.1) is 24.0 Å². The lowest BCUT2D eigenvalue weighted by molar-refractivity contribution is -0.385. The minimum Gasteiger partial charge on any atom is -0.506 e. The highest BCUT2D eigenvalue weighted by atomic mass is 32.1. The summed E-state index contributed by atoms with van der Waals surface area (Å²) >= 11 is 5.05. The van der Waals surface area contributed by atoms with Gasteiger partial charge in [-0.2, -0.15) is 0 Å². The number of benzene rings is 2. The van der Waals surface area contributed by atoms with Crippen LogP contribution in [0.3, 0.4) is 0 Å². The van der Waals surface area contributed by atoms with Gasteiger partial charge in [-0.15, -0.1) is 0 Å². The van der Waals surface area contributed by atoms with Crippen molar-refractivity contribution in [2.45, 2.75) is 13.8 Å². The molecule has 0 unspecified atom stereocenters. The molecule has 1 amide bonds. The fourth-order valence-corrected chi connectivity index (χ4v) is 2.28. The van der Waals surface area contributed by atoms with Crippen LogP contribution in [0.5, 0.6) is 5.75 Å². The van der Waals surface area contributed by atoms with Gasteiger partial charge in [-0.3, -0.25) is 20.2 Å². The fourth-order valence-electron chi connectivity index (χ4n) is 2.08. The molecule has 2 aromatic carbocycles. The molecule has 124 valence electrons. The van der Waals surface area contributed by atoms with E-state index in [2.05, 4.69) is 10.6 Å². The van der Waals surface area contributed by atoms with E-state index in [1.54, 1.807) is 19.1 Å². The summed E-state index contributed by atoms with van der Waals surface area (Å²) < 4.78 is 0. The maximum Gasteiger partial charge on any atom is 0.272 e. The number of hydrogen-bond donors (Lipinski definition) is 3. The lowest BCUT2D eigenvalue weighted by Crippen LogP contribution is -2.34. The first-order chi connectivity index (χ1) is 11.3. The molecule has 0 spiro atoms. The Bertz CT molecular complexity index is 836. The highest BCUT2D eigenvalue weighted by molar-refractivity contribution is 7.80. The first-order valence-corrected chi connectivity index (χ1v) is 7.35. The van der Waals surface area contributed by atoms with Gasteiger partial charge in [0.05, 0.1) is 10.6 Å². The van der Waals surface area contributed by atoms with Gasteiger partial charge in [0, 0.05) is 17.2 Å². The first-order valence-electron chi connectivity index (χ1n) is 6.95. The van der Waals surface area contributed by atoms with Crippen LogP contribution < -0.4 is 10.6 Å². The van der Waals surface area contributed by atoms with E-state index in [0.717, 1.165) is 5.56 Å². The molecule has 8 heteroatoms. The lowest BCUT2D eigenvalue weighted by atomic mass is 10.1. The third-order valence-electron chi connectivity index (χ3n) is 3.28. The van der Waals surface area contributed by atoms with Crippen LogP contribution >= 0.6 is 12.2 Å². The Balaban J connectivity index is 2.09. The second kappa shape index (κ2) is 7.05. The summed E-state index contributed by atoms with van der Waals surface area (Å²) in [6.07, 6.45) is 0. The van der Waals surface area contributed by atoms with Crippen molar-refractivity contribution in [3.05, 3.63) is 63.2 Å². The van der Waals surface area contributed by atoms with Crippen molar-refractivity contribution in [3.8, 4) is 5.75 Å².